The van der Waals surface area contributed by atoms with E-state index in [9.17, 15) is 18.3 Å². The van der Waals surface area contributed by atoms with Gasteiger partial charge in [0, 0.05) is 43.1 Å². The molecule has 11 nitrogen and oxygen atoms in total. The first-order valence-corrected chi connectivity index (χ1v) is 13.2. The summed E-state index contributed by atoms with van der Waals surface area (Å²) in [7, 11) is -2.10. The van der Waals surface area contributed by atoms with Gasteiger partial charge < -0.3 is 16.2 Å². The molecule has 2 aromatic carbocycles. The molecule has 4 aromatic rings. The number of para-hydroxylation sites is 1. The molecule has 1 aliphatic rings. The molecule has 0 amide bonds. The van der Waals surface area contributed by atoms with Crippen LogP contribution in [0.4, 0.5) is 17.5 Å². The van der Waals surface area contributed by atoms with Crippen LogP contribution >= 0.6 is 0 Å². The fourth-order valence-corrected chi connectivity index (χ4v) is 5.54. The van der Waals surface area contributed by atoms with Crippen molar-refractivity contribution >= 4 is 38.4 Å². The van der Waals surface area contributed by atoms with Crippen molar-refractivity contribution < 1.29 is 13.5 Å². The van der Waals surface area contributed by atoms with Crippen molar-refractivity contribution in [3.05, 3.63) is 71.1 Å². The minimum atomic E-state index is -4.00. The van der Waals surface area contributed by atoms with Gasteiger partial charge in [-0.1, -0.05) is 24.3 Å². The molecule has 5 N–H and O–H groups in total. The summed E-state index contributed by atoms with van der Waals surface area (Å²) in [6, 6.07) is 15.1. The van der Waals surface area contributed by atoms with Crippen LogP contribution in [-0.4, -0.2) is 65.7 Å². The maximum absolute atomic E-state index is 13.4. The second kappa shape index (κ2) is 9.81. The van der Waals surface area contributed by atoms with Crippen LogP contribution in [0.5, 0.6) is 0 Å². The fraction of sp³-hybridized carbons (Fsp3) is 0.240. The molecule has 12 heteroatoms. The number of fused-ring (bicyclic) bond motifs is 2. The quantitative estimate of drug-likeness (QED) is 0.283. The smallest absolute Gasteiger partial charge is 0.265 e. The molecule has 1 aliphatic heterocycles. The van der Waals surface area contributed by atoms with Gasteiger partial charge in [-0.2, -0.15) is 0 Å². The van der Waals surface area contributed by atoms with Crippen LogP contribution in [0.15, 0.2) is 70.5 Å². The first kappa shape index (κ1) is 24.7. The van der Waals surface area contributed by atoms with Crippen molar-refractivity contribution in [2.45, 2.75) is 17.5 Å². The predicted octanol–water partition coefficient (Wildman–Crippen LogP) is 1.56. The fourth-order valence-electron chi connectivity index (χ4n) is 4.37. The Morgan fingerprint density at radius 3 is 2.73 bits per heavy atom. The third-order valence-electron chi connectivity index (χ3n) is 6.45. The number of nitrogens with two attached hydrogens (primary N) is 1. The number of rotatable bonds is 7. The van der Waals surface area contributed by atoms with Crippen molar-refractivity contribution in [3.63, 3.8) is 0 Å². The summed E-state index contributed by atoms with van der Waals surface area (Å²) < 4.78 is 30.2. The maximum atomic E-state index is 13.4. The molecule has 0 spiro atoms. The summed E-state index contributed by atoms with van der Waals surface area (Å²) in [6.45, 7) is 1.57. The van der Waals surface area contributed by atoms with E-state index in [4.69, 9.17) is 5.73 Å². The van der Waals surface area contributed by atoms with Gasteiger partial charge in [-0.25, -0.2) is 18.4 Å². The number of hydrogen-bond acceptors (Lipinski definition) is 9. The van der Waals surface area contributed by atoms with E-state index in [0.29, 0.717) is 53.3 Å². The van der Waals surface area contributed by atoms with Crippen LogP contribution in [0.3, 0.4) is 0 Å². The Morgan fingerprint density at radius 1 is 1.19 bits per heavy atom. The number of hydrogen-bond donors (Lipinski definition) is 4. The summed E-state index contributed by atoms with van der Waals surface area (Å²) in [6.07, 6.45) is 1.48. The number of benzene rings is 2. The summed E-state index contributed by atoms with van der Waals surface area (Å²) in [4.78, 5) is 24.0. The first-order chi connectivity index (χ1) is 17.8. The van der Waals surface area contributed by atoms with Crippen LogP contribution in [0, 0.1) is 0 Å². The Labute approximate surface area is 213 Å². The lowest BCUT2D eigenvalue weighted by Crippen LogP contribution is -2.48. The van der Waals surface area contributed by atoms with E-state index in [1.807, 2.05) is 11.9 Å². The zero-order chi connectivity index (χ0) is 26.2. The second-order valence-electron chi connectivity index (χ2n) is 8.90. The molecule has 0 aliphatic carbocycles. The van der Waals surface area contributed by atoms with Crippen LogP contribution in [0.2, 0.25) is 0 Å². The van der Waals surface area contributed by atoms with Gasteiger partial charge in [-0.05, 0) is 42.9 Å². The number of anilines is 3. The lowest BCUT2D eigenvalue weighted by atomic mass is 10.1. The third-order valence-corrected chi connectivity index (χ3v) is 7.86. The van der Waals surface area contributed by atoms with Crippen molar-refractivity contribution in [1.82, 2.24) is 19.4 Å². The number of likely N-dealkylation sites (N-methyl/N-ethyl adjacent to an activating group) is 1. The summed E-state index contributed by atoms with van der Waals surface area (Å²) in [5, 5.41) is 12.9. The van der Waals surface area contributed by atoms with Crippen LogP contribution in [0.1, 0.15) is 0 Å². The lowest BCUT2D eigenvalue weighted by molar-refractivity contribution is 0.169. The topological polar surface area (TPSA) is 155 Å². The van der Waals surface area contributed by atoms with Gasteiger partial charge >= 0.3 is 0 Å². The van der Waals surface area contributed by atoms with Gasteiger partial charge in [0.25, 0.3) is 15.6 Å². The van der Waals surface area contributed by atoms with Crippen molar-refractivity contribution in [2.75, 3.05) is 42.5 Å². The predicted molar refractivity (Wildman–Crippen MR) is 143 cm³/mol. The highest BCUT2D eigenvalue weighted by molar-refractivity contribution is 7.92. The van der Waals surface area contributed by atoms with E-state index in [2.05, 4.69) is 20.0 Å². The first-order valence-electron chi connectivity index (χ1n) is 11.7. The van der Waals surface area contributed by atoms with Crippen LogP contribution in [0.25, 0.3) is 22.0 Å². The molecule has 0 radical (unpaired) electrons. The summed E-state index contributed by atoms with van der Waals surface area (Å²) >= 11 is 0. The monoisotopic (exact) mass is 521 g/mol. The number of aromatic nitrogens is 3. The largest absolute Gasteiger partial charge is 0.395 e. The second-order valence-corrected chi connectivity index (χ2v) is 10.6. The molecular formula is C25H27N7O4S. The Balaban J connectivity index is 1.52. The Hall–Kier alpha value is -4.00. The molecule has 37 heavy (non-hydrogen) atoms. The minimum absolute atomic E-state index is 0.0194. The molecule has 1 atom stereocenters. The number of pyridine rings is 1. The molecule has 0 bridgehead atoms. The number of sulfonamides is 1. The standard InChI is InChI=1S/C25H27N7O4S/c1-31(9-10-33)19-14-28-25-29-21-8-7-16(11-20(21)24(34)32(25)15-19)17-12-22(23(26)27-13-17)37(35,36)30-18-5-3-2-4-6-18/h2-8,11-13,19,30,33H,9-10,14-15H2,1H3,(H2,26,27)(H,28,29). The Morgan fingerprint density at radius 2 is 1.97 bits per heavy atom. The average Bonchev–Trinajstić information content (AvgIpc) is 2.89. The molecular weight excluding hydrogens is 494 g/mol. The van der Waals surface area contributed by atoms with Gasteiger partial charge in [0.2, 0.25) is 5.95 Å². The molecule has 3 heterocycles. The van der Waals surface area contributed by atoms with Gasteiger partial charge in [0.1, 0.15) is 10.7 Å². The number of nitrogen functional groups attached to an aromatic ring is 1. The highest BCUT2D eigenvalue weighted by atomic mass is 32.2. The van der Waals surface area contributed by atoms with Gasteiger partial charge in [-0.3, -0.25) is 19.0 Å². The number of nitrogens with zero attached hydrogens (tertiary/aromatic N) is 4. The molecule has 0 saturated carbocycles. The Kier molecular flexibility index (Phi) is 6.54. The molecule has 192 valence electrons. The van der Waals surface area contributed by atoms with E-state index in [1.54, 1.807) is 53.1 Å². The number of aliphatic hydroxyl groups is 1. The molecule has 2 aromatic heterocycles. The van der Waals surface area contributed by atoms with E-state index in [-0.39, 0.29) is 28.9 Å². The number of aliphatic hydroxyl groups excluding tert-OH is 1. The zero-order valence-corrected chi connectivity index (χ0v) is 20.9. The molecule has 5 rings (SSSR count). The normalized spacial score (nSPS) is 15.4. The Bertz CT molecular complexity index is 1620. The number of nitrogens with one attached hydrogen (secondary N) is 2. The van der Waals surface area contributed by atoms with E-state index >= 15 is 0 Å². The molecule has 0 fully saturated rings. The SMILES string of the molecule is CN(CCO)C1CNc2nc3ccc(-c4cnc(N)c(S(=O)(=O)Nc5ccccc5)c4)cc3c(=O)n2C1. The van der Waals surface area contributed by atoms with Gasteiger partial charge in [-0.15, -0.1) is 0 Å². The van der Waals surface area contributed by atoms with Crippen LogP contribution in [-0.2, 0) is 16.6 Å². The van der Waals surface area contributed by atoms with Gasteiger partial charge in [0.15, 0.2) is 0 Å². The highest BCUT2D eigenvalue weighted by Crippen LogP contribution is 2.28. The molecule has 1 unspecified atom stereocenters. The lowest BCUT2D eigenvalue weighted by Gasteiger charge is -2.33. The van der Waals surface area contributed by atoms with Crippen molar-refractivity contribution in [3.8, 4) is 11.1 Å². The highest BCUT2D eigenvalue weighted by Gasteiger charge is 2.25. The minimum Gasteiger partial charge on any atom is -0.395 e. The third kappa shape index (κ3) is 4.86. The van der Waals surface area contributed by atoms with Gasteiger partial charge in [0.05, 0.1) is 17.5 Å². The summed E-state index contributed by atoms with van der Waals surface area (Å²) in [5.74, 6) is 0.362. The average molecular weight is 522 g/mol. The zero-order valence-electron chi connectivity index (χ0n) is 20.1. The van der Waals surface area contributed by atoms with E-state index in [0.717, 1.165) is 0 Å². The maximum Gasteiger partial charge on any atom is 0.265 e. The molecule has 0 saturated heterocycles. The van der Waals surface area contributed by atoms with Crippen LogP contribution < -0.4 is 21.3 Å². The van der Waals surface area contributed by atoms with E-state index < -0.39 is 10.0 Å². The summed E-state index contributed by atoms with van der Waals surface area (Å²) in [5.41, 5.74) is 7.75. The van der Waals surface area contributed by atoms with E-state index in [1.165, 1.54) is 12.3 Å². The van der Waals surface area contributed by atoms with Crippen molar-refractivity contribution in [2.24, 2.45) is 0 Å². The van der Waals surface area contributed by atoms with Crippen molar-refractivity contribution in [1.29, 1.82) is 0 Å².